The minimum Gasteiger partial charge on any atom is -0.300 e. The molecule has 0 aromatic rings. The SMILES string of the molecule is C1CSCSC1.CC(C)=O. The Kier molecular flexibility index (Phi) is 7.75. The number of Topliss-reactive ketones (excluding diaryl/α,β-unsaturated/α-hetero) is 1. The second-order valence-electron chi connectivity index (χ2n) is 2.20. The van der Waals surface area contributed by atoms with E-state index in [1.165, 1.54) is 36.9 Å². The molecule has 0 amide bonds. The molecule has 0 spiro atoms. The smallest absolute Gasteiger partial charge is 0.126 e. The predicted octanol–water partition coefficient (Wildman–Crippen LogP) is 2.41. The average molecular weight is 178 g/mol. The highest BCUT2D eigenvalue weighted by Crippen LogP contribution is 2.19. The Morgan fingerprint density at radius 2 is 1.60 bits per heavy atom. The first-order chi connectivity index (χ1) is 4.73. The van der Waals surface area contributed by atoms with E-state index in [-0.39, 0.29) is 5.78 Å². The lowest BCUT2D eigenvalue weighted by Crippen LogP contribution is -1.90. The molecule has 0 saturated carbocycles. The van der Waals surface area contributed by atoms with Gasteiger partial charge in [-0.05, 0) is 31.8 Å². The van der Waals surface area contributed by atoms with Crippen molar-refractivity contribution in [2.45, 2.75) is 20.3 Å². The summed E-state index contributed by atoms with van der Waals surface area (Å²) in [5.74, 6) is 2.96. The quantitative estimate of drug-likeness (QED) is 0.567. The van der Waals surface area contributed by atoms with E-state index in [0.29, 0.717) is 0 Å². The summed E-state index contributed by atoms with van der Waals surface area (Å²) in [6.45, 7) is 3.06. The summed E-state index contributed by atoms with van der Waals surface area (Å²) >= 11 is 4.12. The number of carbonyl (C=O) groups is 1. The molecule has 0 radical (unpaired) electrons. The standard InChI is InChI=1S/C4H8S2.C3H6O/c1-2-5-4-6-3-1;1-3(2)4/h1-4H2;1-2H3. The molecule has 0 aliphatic carbocycles. The molecule has 10 heavy (non-hydrogen) atoms. The summed E-state index contributed by atoms with van der Waals surface area (Å²) in [6, 6.07) is 0. The van der Waals surface area contributed by atoms with E-state index in [4.69, 9.17) is 0 Å². The highest BCUT2D eigenvalue weighted by molar-refractivity contribution is 8.16. The number of thioether (sulfide) groups is 2. The molecule has 0 aromatic carbocycles. The van der Waals surface area contributed by atoms with Gasteiger partial charge in [-0.3, -0.25) is 0 Å². The van der Waals surface area contributed by atoms with Crippen LogP contribution in [-0.2, 0) is 4.79 Å². The van der Waals surface area contributed by atoms with Gasteiger partial charge in [0.05, 0.1) is 0 Å². The second kappa shape index (κ2) is 7.48. The van der Waals surface area contributed by atoms with Gasteiger partial charge in [0.2, 0.25) is 0 Å². The Hall–Kier alpha value is 0.370. The van der Waals surface area contributed by atoms with Crippen LogP contribution in [0.3, 0.4) is 0 Å². The van der Waals surface area contributed by atoms with Crippen molar-refractivity contribution in [3.8, 4) is 0 Å². The summed E-state index contributed by atoms with van der Waals surface area (Å²) in [6.07, 6.45) is 1.43. The number of rotatable bonds is 0. The van der Waals surface area contributed by atoms with Crippen LogP contribution < -0.4 is 0 Å². The molecule has 60 valence electrons. The van der Waals surface area contributed by atoms with Crippen LogP contribution in [0.2, 0.25) is 0 Å². The number of hydrogen-bond acceptors (Lipinski definition) is 3. The third kappa shape index (κ3) is 11.2. The molecule has 1 saturated heterocycles. The normalized spacial score (nSPS) is 17.0. The van der Waals surface area contributed by atoms with Gasteiger partial charge in [0.15, 0.2) is 0 Å². The molecule has 1 nitrogen and oxygen atoms in total. The first-order valence-corrected chi connectivity index (χ1v) is 5.67. The van der Waals surface area contributed by atoms with E-state index in [9.17, 15) is 4.79 Å². The molecule has 1 fully saturated rings. The lowest BCUT2D eigenvalue weighted by Gasteiger charge is -2.05. The first-order valence-electron chi connectivity index (χ1n) is 3.36. The summed E-state index contributed by atoms with van der Waals surface area (Å²) in [4.78, 5) is 9.44. The van der Waals surface area contributed by atoms with Gasteiger partial charge in [-0.15, -0.1) is 0 Å². The van der Waals surface area contributed by atoms with Crippen LogP contribution in [0.5, 0.6) is 0 Å². The Balaban J connectivity index is 0.000000180. The molecule has 0 atom stereocenters. The molecule has 1 aliphatic rings. The van der Waals surface area contributed by atoms with Crippen LogP contribution >= 0.6 is 23.5 Å². The van der Waals surface area contributed by atoms with Crippen LogP contribution in [0.25, 0.3) is 0 Å². The van der Waals surface area contributed by atoms with Crippen LogP contribution in [-0.4, -0.2) is 22.4 Å². The summed E-state index contributed by atoms with van der Waals surface area (Å²) in [5.41, 5.74) is 0. The monoisotopic (exact) mass is 178 g/mol. The molecular formula is C7H14OS2. The maximum atomic E-state index is 9.44. The van der Waals surface area contributed by atoms with E-state index < -0.39 is 0 Å². The van der Waals surface area contributed by atoms with Crippen molar-refractivity contribution < 1.29 is 4.79 Å². The largest absolute Gasteiger partial charge is 0.300 e. The Morgan fingerprint density at radius 1 is 1.20 bits per heavy atom. The molecule has 3 heteroatoms. The van der Waals surface area contributed by atoms with Gasteiger partial charge >= 0.3 is 0 Å². The average Bonchev–Trinajstić information content (AvgIpc) is 1.90. The third-order valence-corrected chi connectivity index (χ3v) is 3.23. The zero-order chi connectivity index (χ0) is 7.82. The van der Waals surface area contributed by atoms with Crippen molar-refractivity contribution in [3.05, 3.63) is 0 Å². The summed E-state index contributed by atoms with van der Waals surface area (Å²) < 4.78 is 0. The minimum absolute atomic E-state index is 0.167. The highest BCUT2D eigenvalue weighted by atomic mass is 32.2. The number of carbonyl (C=O) groups excluding carboxylic acids is 1. The van der Waals surface area contributed by atoms with Gasteiger partial charge in [0, 0.05) is 5.08 Å². The Labute approximate surface area is 71.3 Å². The Bertz CT molecular complexity index is 74.1. The van der Waals surface area contributed by atoms with Crippen LogP contribution in [0.4, 0.5) is 0 Å². The van der Waals surface area contributed by atoms with Gasteiger partial charge in [0.25, 0.3) is 0 Å². The van der Waals surface area contributed by atoms with E-state index >= 15 is 0 Å². The van der Waals surface area contributed by atoms with Gasteiger partial charge < -0.3 is 4.79 Å². The molecule has 0 N–H and O–H groups in total. The topological polar surface area (TPSA) is 17.1 Å². The van der Waals surface area contributed by atoms with Crippen molar-refractivity contribution >= 4 is 29.3 Å². The van der Waals surface area contributed by atoms with E-state index in [1.54, 1.807) is 0 Å². The molecule has 0 bridgehead atoms. The fourth-order valence-corrected chi connectivity index (χ4v) is 2.73. The fraction of sp³-hybridized carbons (Fsp3) is 0.857. The molecule has 1 aliphatic heterocycles. The van der Waals surface area contributed by atoms with Crippen molar-refractivity contribution in [2.75, 3.05) is 16.6 Å². The fourth-order valence-electron chi connectivity index (χ4n) is 0.440. The number of ketones is 1. The predicted molar refractivity (Wildman–Crippen MR) is 50.8 cm³/mol. The zero-order valence-electron chi connectivity index (χ0n) is 6.55. The number of hydrogen-bond donors (Lipinski definition) is 0. The molecule has 0 aromatic heterocycles. The molecule has 1 heterocycles. The Morgan fingerprint density at radius 3 is 1.70 bits per heavy atom. The van der Waals surface area contributed by atoms with E-state index in [1.807, 2.05) is 0 Å². The van der Waals surface area contributed by atoms with Gasteiger partial charge in [-0.2, -0.15) is 23.5 Å². The lowest BCUT2D eigenvalue weighted by molar-refractivity contribution is -0.114. The van der Waals surface area contributed by atoms with Crippen molar-refractivity contribution in [1.29, 1.82) is 0 Å². The van der Waals surface area contributed by atoms with E-state index in [2.05, 4.69) is 23.5 Å². The molecule has 1 rings (SSSR count). The second-order valence-corrected chi connectivity index (χ2v) is 4.77. The minimum atomic E-state index is 0.167. The third-order valence-electron chi connectivity index (χ3n) is 0.744. The van der Waals surface area contributed by atoms with Crippen LogP contribution in [0, 0.1) is 0 Å². The molecular weight excluding hydrogens is 164 g/mol. The maximum absolute atomic E-state index is 9.44. The van der Waals surface area contributed by atoms with Gasteiger partial charge in [-0.25, -0.2) is 0 Å². The van der Waals surface area contributed by atoms with Crippen LogP contribution in [0.15, 0.2) is 0 Å². The van der Waals surface area contributed by atoms with Gasteiger partial charge in [0.1, 0.15) is 5.78 Å². The van der Waals surface area contributed by atoms with E-state index in [0.717, 1.165) is 0 Å². The van der Waals surface area contributed by atoms with Crippen molar-refractivity contribution in [3.63, 3.8) is 0 Å². The van der Waals surface area contributed by atoms with Crippen molar-refractivity contribution in [2.24, 2.45) is 0 Å². The summed E-state index contributed by atoms with van der Waals surface area (Å²) in [5, 5.41) is 1.33. The molecule has 0 unspecified atom stereocenters. The first kappa shape index (κ1) is 10.4. The zero-order valence-corrected chi connectivity index (χ0v) is 8.19. The maximum Gasteiger partial charge on any atom is 0.126 e. The van der Waals surface area contributed by atoms with Crippen molar-refractivity contribution in [1.82, 2.24) is 0 Å². The summed E-state index contributed by atoms with van der Waals surface area (Å²) in [7, 11) is 0. The highest BCUT2D eigenvalue weighted by Gasteiger charge is 1.95. The van der Waals surface area contributed by atoms with Crippen LogP contribution in [0.1, 0.15) is 20.3 Å². The van der Waals surface area contributed by atoms with Gasteiger partial charge in [-0.1, -0.05) is 0 Å². The lowest BCUT2D eigenvalue weighted by atomic mass is 10.6.